The second kappa shape index (κ2) is 5.39. The van der Waals surface area contributed by atoms with Crippen LogP contribution < -0.4 is 10.6 Å². The average Bonchev–Trinajstić information content (AvgIpc) is 2.33. The molecular formula is C14H19ClN2O2. The summed E-state index contributed by atoms with van der Waals surface area (Å²) in [6, 6.07) is 4.44. The maximum Gasteiger partial charge on any atom is 0.242 e. The Morgan fingerprint density at radius 2 is 2.26 bits per heavy atom. The number of phenolic OH excluding ortho intramolecular Hbond substituents is 1. The number of phenols is 1. The van der Waals surface area contributed by atoms with E-state index in [0.717, 1.165) is 19.4 Å². The predicted octanol–water partition coefficient (Wildman–Crippen LogP) is 2.76. The fraction of sp³-hybridized carbons (Fsp3) is 0.500. The van der Waals surface area contributed by atoms with Gasteiger partial charge in [-0.3, -0.25) is 4.79 Å². The number of carbonyl (C=O) groups is 1. The molecule has 1 aromatic carbocycles. The fourth-order valence-corrected chi connectivity index (χ4v) is 2.64. The molecule has 0 bridgehead atoms. The van der Waals surface area contributed by atoms with E-state index in [2.05, 4.69) is 24.5 Å². The Morgan fingerprint density at radius 3 is 2.89 bits per heavy atom. The highest BCUT2D eigenvalue weighted by atomic mass is 35.5. The topological polar surface area (TPSA) is 61.4 Å². The van der Waals surface area contributed by atoms with Crippen LogP contribution in [-0.4, -0.2) is 23.6 Å². The molecule has 4 nitrogen and oxygen atoms in total. The normalized spacial score (nSPS) is 21.9. The van der Waals surface area contributed by atoms with E-state index in [9.17, 15) is 9.90 Å². The molecule has 1 aliphatic heterocycles. The van der Waals surface area contributed by atoms with Crippen molar-refractivity contribution in [3.05, 3.63) is 23.2 Å². The molecule has 5 heteroatoms. The first-order valence-corrected chi connectivity index (χ1v) is 6.81. The van der Waals surface area contributed by atoms with Crippen LogP contribution in [0.2, 0.25) is 5.02 Å². The van der Waals surface area contributed by atoms with E-state index in [4.69, 9.17) is 11.6 Å². The Bertz CT molecular complexity index is 488. The van der Waals surface area contributed by atoms with Crippen LogP contribution in [0.15, 0.2) is 18.2 Å². The lowest BCUT2D eigenvalue weighted by Crippen LogP contribution is -2.53. The lowest BCUT2D eigenvalue weighted by Gasteiger charge is -2.38. The van der Waals surface area contributed by atoms with Crippen molar-refractivity contribution in [1.29, 1.82) is 0 Å². The number of piperidine rings is 1. The molecule has 1 amide bonds. The van der Waals surface area contributed by atoms with E-state index in [0.29, 0.717) is 5.69 Å². The van der Waals surface area contributed by atoms with E-state index in [1.165, 1.54) is 6.07 Å². The third-order valence-electron chi connectivity index (χ3n) is 3.61. The standard InChI is InChI=1S/C14H19ClN2O2/c1-14(2)6-3-7-16-12(14)13(19)17-9-4-5-11(18)10(15)8-9/h4-5,8,12,16,18H,3,6-7H2,1-2H3,(H,17,19). The number of amides is 1. The second-order valence-electron chi connectivity index (χ2n) is 5.63. The quantitative estimate of drug-likeness (QED) is 0.731. The van der Waals surface area contributed by atoms with Gasteiger partial charge in [0.25, 0.3) is 0 Å². The van der Waals surface area contributed by atoms with Gasteiger partial charge in [0.2, 0.25) is 5.91 Å². The summed E-state index contributed by atoms with van der Waals surface area (Å²) in [5.41, 5.74) is 0.527. The van der Waals surface area contributed by atoms with Gasteiger partial charge < -0.3 is 15.7 Å². The smallest absolute Gasteiger partial charge is 0.242 e. The van der Waals surface area contributed by atoms with E-state index in [-0.39, 0.29) is 28.1 Å². The van der Waals surface area contributed by atoms with Gasteiger partial charge in [0.15, 0.2) is 0 Å². The highest BCUT2D eigenvalue weighted by molar-refractivity contribution is 6.32. The van der Waals surface area contributed by atoms with Crippen molar-refractivity contribution >= 4 is 23.2 Å². The molecule has 0 radical (unpaired) electrons. The van der Waals surface area contributed by atoms with Gasteiger partial charge >= 0.3 is 0 Å². The number of aromatic hydroxyl groups is 1. The molecule has 19 heavy (non-hydrogen) atoms. The maximum absolute atomic E-state index is 12.3. The SMILES string of the molecule is CC1(C)CCCNC1C(=O)Nc1ccc(O)c(Cl)c1. The van der Waals surface area contributed by atoms with Crippen molar-refractivity contribution in [2.24, 2.45) is 5.41 Å². The average molecular weight is 283 g/mol. The number of carbonyl (C=O) groups excluding carboxylic acids is 1. The molecular weight excluding hydrogens is 264 g/mol. The number of halogens is 1. The Kier molecular flexibility index (Phi) is 4.02. The molecule has 1 heterocycles. The molecule has 1 fully saturated rings. The highest BCUT2D eigenvalue weighted by Crippen LogP contribution is 2.31. The van der Waals surface area contributed by atoms with E-state index < -0.39 is 0 Å². The number of hydrogen-bond acceptors (Lipinski definition) is 3. The largest absolute Gasteiger partial charge is 0.506 e. The molecule has 2 rings (SSSR count). The summed E-state index contributed by atoms with van der Waals surface area (Å²) >= 11 is 5.82. The molecule has 1 atom stereocenters. The lowest BCUT2D eigenvalue weighted by atomic mass is 9.77. The molecule has 0 saturated carbocycles. The molecule has 3 N–H and O–H groups in total. The predicted molar refractivity (Wildman–Crippen MR) is 76.6 cm³/mol. The summed E-state index contributed by atoms with van der Waals surface area (Å²) in [4.78, 5) is 12.3. The van der Waals surface area contributed by atoms with Crippen LogP contribution in [0.4, 0.5) is 5.69 Å². The Labute approximate surface area is 118 Å². The van der Waals surface area contributed by atoms with Crippen LogP contribution in [0.3, 0.4) is 0 Å². The van der Waals surface area contributed by atoms with Crippen LogP contribution in [0.5, 0.6) is 5.75 Å². The summed E-state index contributed by atoms with van der Waals surface area (Å²) in [6.45, 7) is 5.04. The first kappa shape index (κ1) is 14.2. The van der Waals surface area contributed by atoms with E-state index in [1.807, 2.05) is 0 Å². The third-order valence-corrected chi connectivity index (χ3v) is 3.91. The minimum Gasteiger partial charge on any atom is -0.506 e. The second-order valence-corrected chi connectivity index (χ2v) is 6.04. The van der Waals surface area contributed by atoms with Crippen molar-refractivity contribution in [2.45, 2.75) is 32.7 Å². The zero-order valence-electron chi connectivity index (χ0n) is 11.2. The minimum atomic E-state index is -0.214. The van der Waals surface area contributed by atoms with Gasteiger partial charge in [0.1, 0.15) is 5.75 Å². The van der Waals surface area contributed by atoms with Gasteiger partial charge in [-0.2, -0.15) is 0 Å². The van der Waals surface area contributed by atoms with Crippen LogP contribution >= 0.6 is 11.6 Å². The van der Waals surface area contributed by atoms with Crippen LogP contribution in [-0.2, 0) is 4.79 Å². The maximum atomic E-state index is 12.3. The van der Waals surface area contributed by atoms with Crippen molar-refractivity contribution in [3.63, 3.8) is 0 Å². The van der Waals surface area contributed by atoms with Gasteiger partial charge in [-0.05, 0) is 43.0 Å². The lowest BCUT2D eigenvalue weighted by molar-refractivity contribution is -0.121. The number of benzene rings is 1. The number of hydrogen-bond donors (Lipinski definition) is 3. The van der Waals surface area contributed by atoms with Gasteiger partial charge in [-0.15, -0.1) is 0 Å². The van der Waals surface area contributed by atoms with Gasteiger partial charge in [0.05, 0.1) is 11.1 Å². The van der Waals surface area contributed by atoms with Crippen molar-refractivity contribution in [3.8, 4) is 5.75 Å². The highest BCUT2D eigenvalue weighted by Gasteiger charge is 2.37. The molecule has 0 spiro atoms. The van der Waals surface area contributed by atoms with Crippen LogP contribution in [0.25, 0.3) is 0 Å². The van der Waals surface area contributed by atoms with Crippen molar-refractivity contribution < 1.29 is 9.90 Å². The van der Waals surface area contributed by atoms with Gasteiger partial charge in [0, 0.05) is 5.69 Å². The Balaban J connectivity index is 2.09. The van der Waals surface area contributed by atoms with Crippen molar-refractivity contribution in [2.75, 3.05) is 11.9 Å². The monoisotopic (exact) mass is 282 g/mol. The first-order valence-electron chi connectivity index (χ1n) is 6.43. The Morgan fingerprint density at radius 1 is 1.53 bits per heavy atom. The Hall–Kier alpha value is -1.26. The number of rotatable bonds is 2. The summed E-state index contributed by atoms with van der Waals surface area (Å²) in [6.07, 6.45) is 2.11. The minimum absolute atomic E-state index is 0.00999. The van der Waals surface area contributed by atoms with E-state index in [1.54, 1.807) is 12.1 Å². The van der Waals surface area contributed by atoms with Gasteiger partial charge in [-0.1, -0.05) is 25.4 Å². The van der Waals surface area contributed by atoms with Gasteiger partial charge in [-0.25, -0.2) is 0 Å². The summed E-state index contributed by atoms with van der Waals surface area (Å²) < 4.78 is 0. The number of anilines is 1. The molecule has 1 aliphatic rings. The van der Waals surface area contributed by atoms with Crippen LogP contribution in [0, 0.1) is 5.41 Å². The molecule has 0 aliphatic carbocycles. The third kappa shape index (κ3) is 3.19. The molecule has 0 aromatic heterocycles. The molecule has 104 valence electrons. The fourth-order valence-electron chi connectivity index (χ4n) is 2.46. The molecule has 1 saturated heterocycles. The first-order chi connectivity index (χ1) is 8.90. The molecule has 1 aromatic rings. The summed E-state index contributed by atoms with van der Waals surface area (Å²) in [5.74, 6) is -0.0535. The van der Waals surface area contributed by atoms with E-state index >= 15 is 0 Å². The number of nitrogens with one attached hydrogen (secondary N) is 2. The van der Waals surface area contributed by atoms with Crippen molar-refractivity contribution in [1.82, 2.24) is 5.32 Å². The zero-order valence-corrected chi connectivity index (χ0v) is 11.9. The van der Waals surface area contributed by atoms with Crippen LogP contribution in [0.1, 0.15) is 26.7 Å². The summed E-state index contributed by atoms with van der Waals surface area (Å²) in [7, 11) is 0. The molecule has 1 unspecified atom stereocenters. The summed E-state index contributed by atoms with van der Waals surface area (Å²) in [5, 5.41) is 15.7. The zero-order chi connectivity index (χ0) is 14.0.